The van der Waals surface area contributed by atoms with Crippen molar-refractivity contribution < 1.29 is 9.18 Å². The molecule has 20 heavy (non-hydrogen) atoms. The van der Waals surface area contributed by atoms with Crippen LogP contribution in [0.4, 0.5) is 4.39 Å². The highest BCUT2D eigenvalue weighted by atomic mass is 79.9. The molecule has 110 valence electrons. The Hall–Kier alpha value is -0.940. The molecule has 0 spiro atoms. The third-order valence-corrected chi connectivity index (χ3v) is 4.38. The Balaban J connectivity index is 2.08. The van der Waals surface area contributed by atoms with Crippen molar-refractivity contribution in [3.8, 4) is 0 Å². The van der Waals surface area contributed by atoms with Crippen LogP contribution in [0.25, 0.3) is 0 Å². The number of nitrogens with zero attached hydrogens (tertiary/aromatic N) is 1. The Morgan fingerprint density at radius 3 is 2.85 bits per heavy atom. The molecule has 1 saturated carbocycles. The number of carbonyl (C=O) groups is 1. The standard InChI is InChI=1S/C15H20BrFN2O/c1-2-19(15(20)10-3-5-13(18)8-10)9-11-7-12(16)4-6-14(11)17/h4,6-7,10,13H,2-3,5,8-9,18H2,1H3/t10-,13+/m0/s1. The number of carbonyl (C=O) groups excluding carboxylic acids is 1. The monoisotopic (exact) mass is 342 g/mol. The summed E-state index contributed by atoms with van der Waals surface area (Å²) >= 11 is 3.33. The van der Waals surface area contributed by atoms with Gasteiger partial charge in [-0.3, -0.25) is 4.79 Å². The van der Waals surface area contributed by atoms with Crippen LogP contribution in [0.3, 0.4) is 0 Å². The molecule has 3 nitrogen and oxygen atoms in total. The maximum absolute atomic E-state index is 13.8. The normalized spacial score (nSPS) is 22.0. The highest BCUT2D eigenvalue weighted by Crippen LogP contribution is 2.27. The Morgan fingerprint density at radius 1 is 1.50 bits per heavy atom. The summed E-state index contributed by atoms with van der Waals surface area (Å²) in [6.07, 6.45) is 2.49. The summed E-state index contributed by atoms with van der Waals surface area (Å²) in [6, 6.07) is 4.94. The predicted octanol–water partition coefficient (Wildman–Crippen LogP) is 3.06. The molecule has 1 aromatic rings. The fourth-order valence-electron chi connectivity index (χ4n) is 2.71. The minimum atomic E-state index is -0.275. The molecule has 0 heterocycles. The highest BCUT2D eigenvalue weighted by molar-refractivity contribution is 9.10. The van der Waals surface area contributed by atoms with Gasteiger partial charge in [0.05, 0.1) is 0 Å². The Morgan fingerprint density at radius 2 is 2.25 bits per heavy atom. The van der Waals surface area contributed by atoms with Crippen LogP contribution in [0.2, 0.25) is 0 Å². The minimum absolute atomic E-state index is 0.000152. The van der Waals surface area contributed by atoms with Crippen LogP contribution in [-0.2, 0) is 11.3 Å². The summed E-state index contributed by atoms with van der Waals surface area (Å²) in [4.78, 5) is 14.2. The van der Waals surface area contributed by atoms with Gasteiger partial charge in [-0.1, -0.05) is 15.9 Å². The molecular weight excluding hydrogens is 323 g/mol. The lowest BCUT2D eigenvalue weighted by Crippen LogP contribution is -2.35. The predicted molar refractivity (Wildman–Crippen MR) is 80.5 cm³/mol. The molecule has 1 aliphatic rings. The molecule has 0 unspecified atom stereocenters. The molecule has 0 aromatic heterocycles. The highest BCUT2D eigenvalue weighted by Gasteiger charge is 2.30. The molecule has 0 bridgehead atoms. The topological polar surface area (TPSA) is 46.3 Å². The fraction of sp³-hybridized carbons (Fsp3) is 0.533. The number of rotatable bonds is 4. The lowest BCUT2D eigenvalue weighted by Gasteiger charge is -2.24. The SMILES string of the molecule is CCN(Cc1cc(Br)ccc1F)C(=O)[C@H]1CC[C@@H](N)C1. The van der Waals surface area contributed by atoms with E-state index in [4.69, 9.17) is 5.73 Å². The van der Waals surface area contributed by atoms with Crippen molar-refractivity contribution in [3.05, 3.63) is 34.1 Å². The van der Waals surface area contributed by atoms with Crippen LogP contribution in [-0.4, -0.2) is 23.4 Å². The second-order valence-corrected chi connectivity index (χ2v) is 6.27. The van der Waals surface area contributed by atoms with Gasteiger partial charge in [-0.05, 0) is 44.4 Å². The fourth-order valence-corrected chi connectivity index (χ4v) is 3.12. The van der Waals surface area contributed by atoms with Gasteiger partial charge < -0.3 is 10.6 Å². The molecule has 2 N–H and O–H groups in total. The van der Waals surface area contributed by atoms with Crippen molar-refractivity contribution in [1.82, 2.24) is 4.90 Å². The first kappa shape index (κ1) is 15.4. The number of hydrogen-bond acceptors (Lipinski definition) is 2. The Kier molecular flexibility index (Phi) is 5.16. The van der Waals surface area contributed by atoms with E-state index in [0.29, 0.717) is 18.7 Å². The summed E-state index contributed by atoms with van der Waals surface area (Å²) in [5, 5.41) is 0. The van der Waals surface area contributed by atoms with Gasteiger partial charge in [-0.2, -0.15) is 0 Å². The molecule has 0 radical (unpaired) electrons. The largest absolute Gasteiger partial charge is 0.338 e. The summed E-state index contributed by atoms with van der Waals surface area (Å²) in [6.45, 7) is 2.81. The number of amides is 1. The van der Waals surface area contributed by atoms with Crippen molar-refractivity contribution in [2.24, 2.45) is 11.7 Å². The van der Waals surface area contributed by atoms with Crippen molar-refractivity contribution in [2.75, 3.05) is 6.54 Å². The van der Waals surface area contributed by atoms with Crippen molar-refractivity contribution >= 4 is 21.8 Å². The number of halogens is 2. The van der Waals surface area contributed by atoms with Gasteiger partial charge in [0.2, 0.25) is 5.91 Å². The van der Waals surface area contributed by atoms with Gasteiger partial charge in [0, 0.05) is 35.1 Å². The van der Waals surface area contributed by atoms with Gasteiger partial charge >= 0.3 is 0 Å². The molecule has 5 heteroatoms. The van der Waals surface area contributed by atoms with E-state index >= 15 is 0 Å². The molecule has 0 saturated heterocycles. The van der Waals surface area contributed by atoms with Gasteiger partial charge in [0.1, 0.15) is 5.82 Å². The molecule has 2 atom stereocenters. The first-order valence-electron chi connectivity index (χ1n) is 6.99. The van der Waals surface area contributed by atoms with Crippen LogP contribution in [0, 0.1) is 11.7 Å². The second-order valence-electron chi connectivity index (χ2n) is 5.36. The van der Waals surface area contributed by atoms with E-state index in [1.54, 1.807) is 17.0 Å². The van der Waals surface area contributed by atoms with E-state index in [1.807, 2.05) is 6.92 Å². The number of hydrogen-bond donors (Lipinski definition) is 1. The van der Waals surface area contributed by atoms with Crippen LogP contribution in [0.1, 0.15) is 31.7 Å². The summed E-state index contributed by atoms with van der Waals surface area (Å²) in [7, 11) is 0. The molecule has 1 aromatic carbocycles. The molecular formula is C15H20BrFN2O. The first-order chi connectivity index (χ1) is 9.51. The summed E-state index contributed by atoms with van der Waals surface area (Å²) in [5.41, 5.74) is 6.40. The smallest absolute Gasteiger partial charge is 0.226 e. The van der Waals surface area contributed by atoms with E-state index in [-0.39, 0.29) is 23.7 Å². The van der Waals surface area contributed by atoms with E-state index in [1.165, 1.54) is 6.07 Å². The molecule has 1 fully saturated rings. The average molecular weight is 343 g/mol. The van der Waals surface area contributed by atoms with Crippen molar-refractivity contribution in [1.29, 1.82) is 0 Å². The average Bonchev–Trinajstić information content (AvgIpc) is 2.85. The lowest BCUT2D eigenvalue weighted by atomic mass is 10.1. The Labute approximate surface area is 127 Å². The van der Waals surface area contributed by atoms with Gasteiger partial charge in [0.25, 0.3) is 0 Å². The Bertz CT molecular complexity index is 495. The minimum Gasteiger partial charge on any atom is -0.338 e. The zero-order valence-electron chi connectivity index (χ0n) is 11.6. The quantitative estimate of drug-likeness (QED) is 0.913. The molecule has 0 aliphatic heterocycles. The van der Waals surface area contributed by atoms with Crippen molar-refractivity contribution in [2.45, 2.75) is 38.8 Å². The van der Waals surface area contributed by atoms with Crippen LogP contribution >= 0.6 is 15.9 Å². The van der Waals surface area contributed by atoms with Gasteiger partial charge in [-0.25, -0.2) is 4.39 Å². The zero-order chi connectivity index (χ0) is 14.7. The van der Waals surface area contributed by atoms with E-state index in [0.717, 1.165) is 23.7 Å². The van der Waals surface area contributed by atoms with Gasteiger partial charge in [-0.15, -0.1) is 0 Å². The molecule has 1 aliphatic carbocycles. The van der Waals surface area contributed by atoms with E-state index in [2.05, 4.69) is 15.9 Å². The van der Waals surface area contributed by atoms with Crippen molar-refractivity contribution in [3.63, 3.8) is 0 Å². The first-order valence-corrected chi connectivity index (χ1v) is 7.78. The lowest BCUT2D eigenvalue weighted by molar-refractivity contribution is -0.135. The van der Waals surface area contributed by atoms with E-state index < -0.39 is 0 Å². The zero-order valence-corrected chi connectivity index (χ0v) is 13.2. The van der Waals surface area contributed by atoms with Gasteiger partial charge in [0.15, 0.2) is 0 Å². The third-order valence-electron chi connectivity index (χ3n) is 3.88. The van der Waals surface area contributed by atoms with Crippen LogP contribution < -0.4 is 5.73 Å². The molecule has 2 rings (SSSR count). The third kappa shape index (κ3) is 3.58. The molecule has 1 amide bonds. The number of benzene rings is 1. The maximum Gasteiger partial charge on any atom is 0.226 e. The van der Waals surface area contributed by atoms with Crippen LogP contribution in [0.5, 0.6) is 0 Å². The second kappa shape index (κ2) is 6.68. The number of nitrogens with two attached hydrogens (primary N) is 1. The summed E-state index contributed by atoms with van der Waals surface area (Å²) in [5.74, 6) is -0.178. The van der Waals surface area contributed by atoms with Crippen LogP contribution in [0.15, 0.2) is 22.7 Å². The van der Waals surface area contributed by atoms with E-state index in [9.17, 15) is 9.18 Å². The summed E-state index contributed by atoms with van der Waals surface area (Å²) < 4.78 is 14.6. The maximum atomic E-state index is 13.8.